The summed E-state index contributed by atoms with van der Waals surface area (Å²) in [6.45, 7) is 7.01. The molecule has 0 aliphatic heterocycles. The molecule has 0 saturated heterocycles. The average Bonchev–Trinajstić information content (AvgIpc) is 2.55. The van der Waals surface area contributed by atoms with Crippen LogP contribution in [-0.4, -0.2) is 23.3 Å². The first-order valence-corrected chi connectivity index (χ1v) is 10.5. The molecule has 0 radical (unpaired) electrons. The summed E-state index contributed by atoms with van der Waals surface area (Å²) < 4.78 is 44.6. The summed E-state index contributed by atoms with van der Waals surface area (Å²) in [6, 6.07) is 7.34. The molecule has 1 aromatic carbocycles. The first-order chi connectivity index (χ1) is 13.3. The Labute approximate surface area is 173 Å². The van der Waals surface area contributed by atoms with Crippen LogP contribution in [0.15, 0.2) is 24.3 Å². The first-order valence-electron chi connectivity index (χ1n) is 10.5. The van der Waals surface area contributed by atoms with Crippen LogP contribution in [0.5, 0.6) is 0 Å². The second kappa shape index (κ2) is 11.0. The van der Waals surface area contributed by atoms with E-state index in [9.17, 15) is 18.0 Å². The van der Waals surface area contributed by atoms with Crippen molar-refractivity contribution in [2.24, 2.45) is 5.73 Å². The van der Waals surface area contributed by atoms with Crippen molar-refractivity contribution < 1.29 is 22.7 Å². The van der Waals surface area contributed by atoms with E-state index in [2.05, 4.69) is 6.92 Å². The molecule has 29 heavy (non-hydrogen) atoms. The lowest BCUT2D eigenvalue weighted by atomic mass is 9.87. The third-order valence-corrected chi connectivity index (χ3v) is 4.65. The number of carbonyl (C=O) groups is 1. The molecular formula is C23H36F3NO2. The highest BCUT2D eigenvalue weighted by Gasteiger charge is 2.47. The largest absolute Gasteiger partial charge is 0.459 e. The van der Waals surface area contributed by atoms with Crippen LogP contribution >= 0.6 is 0 Å². The quantitative estimate of drug-likeness (QED) is 0.350. The van der Waals surface area contributed by atoms with Crippen LogP contribution in [0.2, 0.25) is 0 Å². The number of hydrogen-bond acceptors (Lipinski definition) is 3. The molecule has 2 N–H and O–H groups in total. The van der Waals surface area contributed by atoms with Gasteiger partial charge in [-0.3, -0.25) is 4.79 Å². The molecule has 0 bridgehead atoms. The summed E-state index contributed by atoms with van der Waals surface area (Å²) in [6.07, 6.45) is 1.72. The van der Waals surface area contributed by atoms with Crippen molar-refractivity contribution in [2.75, 3.05) is 0 Å². The lowest BCUT2D eigenvalue weighted by molar-refractivity contribution is -0.179. The second-order valence-corrected chi connectivity index (χ2v) is 8.96. The van der Waals surface area contributed by atoms with Gasteiger partial charge in [0.05, 0.1) is 6.42 Å². The van der Waals surface area contributed by atoms with E-state index in [4.69, 9.17) is 10.5 Å². The van der Waals surface area contributed by atoms with Gasteiger partial charge < -0.3 is 10.5 Å². The summed E-state index contributed by atoms with van der Waals surface area (Å²) in [5.41, 5.74) is 4.60. The van der Waals surface area contributed by atoms with E-state index < -0.39 is 29.7 Å². The van der Waals surface area contributed by atoms with Crippen molar-refractivity contribution in [3.8, 4) is 0 Å². The minimum Gasteiger partial charge on any atom is -0.459 e. The zero-order chi connectivity index (χ0) is 22.1. The van der Waals surface area contributed by atoms with E-state index in [1.165, 1.54) is 25.7 Å². The number of esters is 1. The van der Waals surface area contributed by atoms with Crippen LogP contribution in [0.25, 0.3) is 0 Å². The number of rotatable bonds is 11. The van der Waals surface area contributed by atoms with Crippen LogP contribution < -0.4 is 5.73 Å². The number of unbranched alkanes of at least 4 members (excludes halogenated alkanes) is 5. The third-order valence-electron chi connectivity index (χ3n) is 4.65. The van der Waals surface area contributed by atoms with Gasteiger partial charge >= 0.3 is 12.1 Å². The fraction of sp³-hybridized carbons (Fsp3) is 0.696. The molecule has 1 atom stereocenters. The van der Waals surface area contributed by atoms with Crippen molar-refractivity contribution >= 4 is 5.97 Å². The maximum absolute atomic E-state index is 13.1. The van der Waals surface area contributed by atoms with Crippen molar-refractivity contribution in [3.05, 3.63) is 35.4 Å². The predicted molar refractivity (Wildman–Crippen MR) is 111 cm³/mol. The fourth-order valence-electron chi connectivity index (χ4n) is 3.31. The lowest BCUT2D eigenvalue weighted by Gasteiger charge is -2.32. The van der Waals surface area contributed by atoms with Crippen molar-refractivity contribution in [1.29, 1.82) is 0 Å². The Morgan fingerprint density at radius 1 is 1.00 bits per heavy atom. The lowest BCUT2D eigenvalue weighted by Crippen LogP contribution is -2.55. The van der Waals surface area contributed by atoms with E-state index in [-0.39, 0.29) is 6.42 Å². The van der Waals surface area contributed by atoms with Gasteiger partial charge in [-0.25, -0.2) is 0 Å². The highest BCUT2D eigenvalue weighted by Crippen LogP contribution is 2.31. The van der Waals surface area contributed by atoms with Gasteiger partial charge in [0.1, 0.15) is 11.1 Å². The molecule has 166 valence electrons. The number of alkyl halides is 3. The SMILES string of the molecule is CCCCCCCCc1cccc(C[C@@](N)(CC(F)(F)F)C(=O)OC(C)(C)C)c1. The van der Waals surface area contributed by atoms with Crippen molar-refractivity contribution in [1.82, 2.24) is 0 Å². The number of hydrogen-bond donors (Lipinski definition) is 1. The van der Waals surface area contributed by atoms with Gasteiger partial charge in [-0.05, 0) is 44.7 Å². The predicted octanol–water partition coefficient (Wildman–Crippen LogP) is 6.12. The average molecular weight is 416 g/mol. The standard InChI is InChI=1S/C23H36F3NO2/c1-5-6-7-8-9-10-12-18-13-11-14-19(15-18)16-22(27,17-23(24,25)26)20(28)29-21(2,3)4/h11,13-15H,5-10,12,16-17,27H2,1-4H3/t22-/m1/s1. The van der Waals surface area contributed by atoms with Gasteiger partial charge in [-0.15, -0.1) is 0 Å². The number of ether oxygens (including phenoxy) is 1. The summed E-state index contributed by atoms with van der Waals surface area (Å²) in [7, 11) is 0. The van der Waals surface area contributed by atoms with Crippen molar-refractivity contribution in [2.45, 2.75) is 103 Å². The maximum atomic E-state index is 13.1. The zero-order valence-corrected chi connectivity index (χ0v) is 18.2. The minimum atomic E-state index is -4.57. The van der Waals surface area contributed by atoms with Crippen LogP contribution in [0.1, 0.15) is 83.8 Å². The molecule has 0 heterocycles. The number of aryl methyl sites for hydroxylation is 1. The maximum Gasteiger partial charge on any atom is 0.391 e. The van der Waals surface area contributed by atoms with Gasteiger partial charge in [0, 0.05) is 6.42 Å². The molecule has 0 aliphatic rings. The smallest absolute Gasteiger partial charge is 0.391 e. The summed E-state index contributed by atoms with van der Waals surface area (Å²) in [4.78, 5) is 12.5. The molecule has 0 unspecified atom stereocenters. The molecule has 0 fully saturated rings. The number of halogens is 3. The Morgan fingerprint density at radius 2 is 1.59 bits per heavy atom. The molecule has 1 rings (SSSR count). The van der Waals surface area contributed by atoms with E-state index >= 15 is 0 Å². The molecule has 0 aromatic heterocycles. The molecule has 0 saturated carbocycles. The number of benzene rings is 1. The minimum absolute atomic E-state index is 0.217. The highest BCUT2D eigenvalue weighted by molar-refractivity contribution is 5.81. The molecule has 1 aromatic rings. The molecular weight excluding hydrogens is 379 g/mol. The Hall–Kier alpha value is -1.56. The highest BCUT2D eigenvalue weighted by atomic mass is 19.4. The normalized spacial score (nSPS) is 14.5. The Balaban J connectivity index is 2.84. The first kappa shape index (κ1) is 25.5. The number of nitrogens with two attached hydrogens (primary N) is 1. The second-order valence-electron chi connectivity index (χ2n) is 8.96. The van der Waals surface area contributed by atoms with Crippen LogP contribution in [0.3, 0.4) is 0 Å². The van der Waals surface area contributed by atoms with Gasteiger partial charge in [0.25, 0.3) is 0 Å². The Kier molecular flexibility index (Phi) is 9.66. The molecule has 3 nitrogen and oxygen atoms in total. The van der Waals surface area contributed by atoms with Crippen LogP contribution in [-0.2, 0) is 22.4 Å². The zero-order valence-electron chi connectivity index (χ0n) is 18.2. The topological polar surface area (TPSA) is 52.3 Å². The monoisotopic (exact) mass is 415 g/mol. The van der Waals surface area contributed by atoms with Crippen molar-refractivity contribution in [3.63, 3.8) is 0 Å². The van der Waals surface area contributed by atoms with Crippen LogP contribution in [0.4, 0.5) is 13.2 Å². The Bertz CT molecular complexity index is 638. The fourth-order valence-corrected chi connectivity index (χ4v) is 3.31. The van der Waals surface area contributed by atoms with Gasteiger partial charge in [0.15, 0.2) is 0 Å². The molecule has 0 aliphatic carbocycles. The van der Waals surface area contributed by atoms with Crippen LogP contribution in [0, 0.1) is 0 Å². The van der Waals surface area contributed by atoms with Gasteiger partial charge in [-0.2, -0.15) is 13.2 Å². The molecule has 0 spiro atoms. The summed E-state index contributed by atoms with van der Waals surface area (Å²) in [5.74, 6) is -1.02. The van der Waals surface area contributed by atoms with E-state index in [0.29, 0.717) is 5.56 Å². The van der Waals surface area contributed by atoms with E-state index in [1.807, 2.05) is 18.2 Å². The third kappa shape index (κ3) is 10.7. The number of carbonyl (C=O) groups excluding carboxylic acids is 1. The van der Waals surface area contributed by atoms with Gasteiger partial charge in [-0.1, -0.05) is 63.3 Å². The Morgan fingerprint density at radius 3 is 2.17 bits per heavy atom. The van der Waals surface area contributed by atoms with E-state index in [1.54, 1.807) is 26.8 Å². The molecule has 0 amide bonds. The summed E-state index contributed by atoms with van der Waals surface area (Å²) >= 11 is 0. The summed E-state index contributed by atoms with van der Waals surface area (Å²) in [5, 5.41) is 0. The van der Waals surface area contributed by atoms with Gasteiger partial charge in [0.2, 0.25) is 0 Å². The van der Waals surface area contributed by atoms with E-state index in [0.717, 1.165) is 24.8 Å². The molecule has 6 heteroatoms.